The van der Waals surface area contributed by atoms with Gasteiger partial charge in [0.05, 0.1) is 0 Å². The molecule has 5 heteroatoms. The first-order valence-electron chi connectivity index (χ1n) is 6.89. The summed E-state index contributed by atoms with van der Waals surface area (Å²) in [5.74, 6) is -0.700. The van der Waals surface area contributed by atoms with Crippen LogP contribution in [0.5, 0.6) is 0 Å². The van der Waals surface area contributed by atoms with Crippen LogP contribution in [0.25, 0.3) is 0 Å². The van der Waals surface area contributed by atoms with Crippen LogP contribution >= 0.6 is 0 Å². The molecule has 2 atom stereocenters. The Morgan fingerprint density at radius 1 is 1.25 bits per heavy atom. The Bertz CT molecular complexity index is 499. The highest BCUT2D eigenvalue weighted by molar-refractivity contribution is 5.92. The molecular formula is C15H21N3O2. The number of primary amides is 1. The Kier molecular flexibility index (Phi) is 4.09. The van der Waals surface area contributed by atoms with Crippen molar-refractivity contribution in [2.24, 2.45) is 11.5 Å². The molecule has 0 aromatic heterocycles. The van der Waals surface area contributed by atoms with Crippen molar-refractivity contribution in [1.82, 2.24) is 4.90 Å². The summed E-state index contributed by atoms with van der Waals surface area (Å²) in [5.41, 5.74) is 11.2. The van der Waals surface area contributed by atoms with Crippen molar-refractivity contribution in [1.29, 1.82) is 0 Å². The maximum absolute atomic E-state index is 12.7. The van der Waals surface area contributed by atoms with E-state index in [4.69, 9.17) is 11.5 Å². The lowest BCUT2D eigenvalue weighted by Crippen LogP contribution is -2.58. The summed E-state index contributed by atoms with van der Waals surface area (Å²) in [5, 5.41) is 0. The number of piperidine rings is 1. The normalized spacial score (nSPS) is 22.1. The van der Waals surface area contributed by atoms with E-state index in [0.29, 0.717) is 13.0 Å². The van der Waals surface area contributed by atoms with Crippen LogP contribution < -0.4 is 11.5 Å². The van der Waals surface area contributed by atoms with E-state index in [9.17, 15) is 9.59 Å². The van der Waals surface area contributed by atoms with Crippen LogP contribution in [-0.2, 0) is 15.1 Å². The number of hydrogen-bond acceptors (Lipinski definition) is 3. The van der Waals surface area contributed by atoms with Crippen molar-refractivity contribution in [3.05, 3.63) is 35.9 Å². The van der Waals surface area contributed by atoms with E-state index in [1.165, 1.54) is 0 Å². The lowest BCUT2D eigenvalue weighted by Gasteiger charge is -2.38. The number of nitrogens with two attached hydrogens (primary N) is 2. The van der Waals surface area contributed by atoms with Gasteiger partial charge < -0.3 is 16.4 Å². The summed E-state index contributed by atoms with van der Waals surface area (Å²) in [7, 11) is 0. The second kappa shape index (κ2) is 5.63. The highest BCUT2D eigenvalue weighted by atomic mass is 16.2. The molecule has 2 amide bonds. The number of rotatable bonds is 3. The van der Waals surface area contributed by atoms with Gasteiger partial charge in [-0.2, -0.15) is 0 Å². The van der Waals surface area contributed by atoms with Crippen molar-refractivity contribution in [2.75, 3.05) is 6.54 Å². The minimum absolute atomic E-state index is 0.243. The van der Waals surface area contributed by atoms with Gasteiger partial charge in [-0.05, 0) is 31.7 Å². The molecule has 0 saturated carbocycles. The molecule has 5 nitrogen and oxygen atoms in total. The molecule has 2 unspecified atom stereocenters. The van der Waals surface area contributed by atoms with E-state index in [0.717, 1.165) is 18.4 Å². The van der Waals surface area contributed by atoms with Crippen LogP contribution in [-0.4, -0.2) is 29.3 Å². The van der Waals surface area contributed by atoms with Crippen LogP contribution in [0.2, 0.25) is 0 Å². The molecule has 1 aromatic rings. The van der Waals surface area contributed by atoms with E-state index < -0.39 is 17.5 Å². The van der Waals surface area contributed by atoms with E-state index >= 15 is 0 Å². The van der Waals surface area contributed by atoms with Gasteiger partial charge >= 0.3 is 0 Å². The van der Waals surface area contributed by atoms with E-state index in [1.54, 1.807) is 11.8 Å². The number of amides is 2. The molecule has 108 valence electrons. The summed E-state index contributed by atoms with van der Waals surface area (Å²) in [4.78, 5) is 25.8. The predicted octanol–water partition coefficient (Wildman–Crippen LogP) is 0.727. The van der Waals surface area contributed by atoms with E-state index in [1.807, 2.05) is 30.3 Å². The quantitative estimate of drug-likeness (QED) is 0.852. The van der Waals surface area contributed by atoms with Gasteiger partial charge in [0.1, 0.15) is 11.6 Å². The Balaban J connectivity index is 2.27. The first kappa shape index (κ1) is 14.5. The Labute approximate surface area is 118 Å². The van der Waals surface area contributed by atoms with Crippen LogP contribution in [0.4, 0.5) is 0 Å². The van der Waals surface area contributed by atoms with Crippen molar-refractivity contribution in [2.45, 2.75) is 37.8 Å². The third-order valence-corrected chi connectivity index (χ3v) is 3.91. The topological polar surface area (TPSA) is 89.4 Å². The van der Waals surface area contributed by atoms with Crippen LogP contribution in [0.1, 0.15) is 31.7 Å². The van der Waals surface area contributed by atoms with E-state index in [2.05, 4.69) is 0 Å². The zero-order valence-electron chi connectivity index (χ0n) is 11.7. The number of carbonyl (C=O) groups is 2. The zero-order valence-corrected chi connectivity index (χ0v) is 11.7. The maximum atomic E-state index is 12.7. The van der Waals surface area contributed by atoms with Gasteiger partial charge in [-0.25, -0.2) is 0 Å². The van der Waals surface area contributed by atoms with Crippen LogP contribution in [0.15, 0.2) is 30.3 Å². The average molecular weight is 275 g/mol. The third-order valence-electron chi connectivity index (χ3n) is 3.91. The number of hydrogen-bond donors (Lipinski definition) is 2. The second-order valence-corrected chi connectivity index (χ2v) is 5.48. The van der Waals surface area contributed by atoms with Gasteiger partial charge in [-0.15, -0.1) is 0 Å². The van der Waals surface area contributed by atoms with Crippen LogP contribution in [0, 0.1) is 0 Å². The highest BCUT2D eigenvalue weighted by Crippen LogP contribution is 2.25. The minimum atomic E-state index is -1.15. The first-order chi connectivity index (χ1) is 9.44. The van der Waals surface area contributed by atoms with Gasteiger partial charge in [0.15, 0.2) is 0 Å². The Hall–Kier alpha value is -1.88. The summed E-state index contributed by atoms with van der Waals surface area (Å²) in [6.07, 6.45) is 2.40. The fraction of sp³-hybridized carbons (Fsp3) is 0.467. The minimum Gasteiger partial charge on any atom is -0.368 e. The molecule has 20 heavy (non-hydrogen) atoms. The molecule has 0 bridgehead atoms. The summed E-state index contributed by atoms with van der Waals surface area (Å²) in [6, 6.07) is 8.66. The third kappa shape index (κ3) is 2.67. The summed E-state index contributed by atoms with van der Waals surface area (Å²) >= 11 is 0. The van der Waals surface area contributed by atoms with Gasteiger partial charge in [-0.1, -0.05) is 30.3 Å². The SMILES string of the molecule is CC(N)(C(=O)N1CCCCC1C(N)=O)c1ccccc1. The molecule has 1 aromatic carbocycles. The van der Waals surface area contributed by atoms with Crippen LogP contribution in [0.3, 0.4) is 0 Å². The molecule has 1 aliphatic heterocycles. The van der Waals surface area contributed by atoms with Gasteiger partial charge in [0, 0.05) is 6.54 Å². The number of likely N-dealkylation sites (tertiary alicyclic amines) is 1. The summed E-state index contributed by atoms with van der Waals surface area (Å²) in [6.45, 7) is 2.21. The lowest BCUT2D eigenvalue weighted by atomic mass is 9.89. The molecule has 0 aliphatic carbocycles. The first-order valence-corrected chi connectivity index (χ1v) is 6.89. The van der Waals surface area contributed by atoms with E-state index in [-0.39, 0.29) is 5.91 Å². The Morgan fingerprint density at radius 2 is 1.90 bits per heavy atom. The monoisotopic (exact) mass is 275 g/mol. The van der Waals surface area contributed by atoms with Crippen molar-refractivity contribution in [3.63, 3.8) is 0 Å². The van der Waals surface area contributed by atoms with Gasteiger partial charge in [0.25, 0.3) is 0 Å². The molecule has 1 aliphatic rings. The number of nitrogens with zero attached hydrogens (tertiary/aromatic N) is 1. The zero-order chi connectivity index (χ0) is 14.8. The maximum Gasteiger partial charge on any atom is 0.247 e. The molecule has 1 saturated heterocycles. The molecule has 1 heterocycles. The lowest BCUT2D eigenvalue weighted by molar-refractivity contribution is -0.145. The molecule has 0 radical (unpaired) electrons. The van der Waals surface area contributed by atoms with Gasteiger partial charge in [-0.3, -0.25) is 9.59 Å². The molecule has 2 rings (SSSR count). The van der Waals surface area contributed by atoms with Gasteiger partial charge in [0.2, 0.25) is 11.8 Å². The average Bonchev–Trinajstić information content (AvgIpc) is 2.47. The standard InChI is InChI=1S/C15H21N3O2/c1-15(17,11-7-3-2-4-8-11)14(20)18-10-6-5-9-12(18)13(16)19/h2-4,7-8,12H,5-6,9-10,17H2,1H3,(H2,16,19). The fourth-order valence-corrected chi connectivity index (χ4v) is 2.68. The molecule has 4 N–H and O–H groups in total. The fourth-order valence-electron chi connectivity index (χ4n) is 2.68. The van der Waals surface area contributed by atoms with Crippen molar-refractivity contribution < 1.29 is 9.59 Å². The largest absolute Gasteiger partial charge is 0.368 e. The molecular weight excluding hydrogens is 254 g/mol. The Morgan fingerprint density at radius 3 is 2.50 bits per heavy atom. The second-order valence-electron chi connectivity index (χ2n) is 5.48. The highest BCUT2D eigenvalue weighted by Gasteiger charge is 2.39. The smallest absolute Gasteiger partial charge is 0.247 e. The van der Waals surface area contributed by atoms with Crippen molar-refractivity contribution >= 4 is 11.8 Å². The number of benzene rings is 1. The predicted molar refractivity (Wildman–Crippen MR) is 76.5 cm³/mol. The number of carbonyl (C=O) groups excluding carboxylic acids is 2. The molecule has 1 fully saturated rings. The van der Waals surface area contributed by atoms with Crippen molar-refractivity contribution in [3.8, 4) is 0 Å². The molecule has 0 spiro atoms. The summed E-state index contributed by atoms with van der Waals surface area (Å²) < 4.78 is 0.